The molecule has 1 aromatic carbocycles. The number of carbonyl (C=O) groups is 3. The van der Waals surface area contributed by atoms with Crippen LogP contribution in [0, 0.1) is 29.6 Å². The molecule has 0 aliphatic carbocycles. The number of amides is 3. The molecule has 1 saturated heterocycles. The highest BCUT2D eigenvalue weighted by Gasteiger charge is 2.40. The van der Waals surface area contributed by atoms with E-state index in [2.05, 4.69) is 21.9 Å². The molecule has 1 aliphatic rings. The summed E-state index contributed by atoms with van der Waals surface area (Å²) in [6.07, 6.45) is 6.02. The number of carbonyl (C=O) groups excluding carboxylic acids is 3. The molecule has 3 unspecified atom stereocenters. The van der Waals surface area contributed by atoms with Crippen molar-refractivity contribution in [2.75, 3.05) is 50.9 Å². The molecule has 3 atom stereocenters. The smallest absolute Gasteiger partial charge is 0.238 e. The molecule has 182 valence electrons. The minimum Gasteiger partial charge on any atom is -0.385 e. The lowest BCUT2D eigenvalue weighted by molar-refractivity contribution is -0.131. The monoisotopic (exact) mass is 484 g/mol. The number of terminal acetylenes is 1. The van der Waals surface area contributed by atoms with Crippen LogP contribution in [0.4, 0.5) is 11.4 Å². The number of nitrogens with one attached hydrogen (secondary N) is 3. The number of nitrogens with zero attached hydrogens (tertiary/aromatic N) is 3. The van der Waals surface area contributed by atoms with Crippen molar-refractivity contribution >= 4 is 40.9 Å². The normalized spacial score (nSPS) is 18.2. The van der Waals surface area contributed by atoms with E-state index < -0.39 is 11.8 Å². The summed E-state index contributed by atoms with van der Waals surface area (Å²) in [5.41, 5.74) is 1.54. The zero-order chi connectivity index (χ0) is 25.1. The first-order chi connectivity index (χ1) is 16.3. The average Bonchev–Trinajstić information content (AvgIpc) is 3.09. The largest absolute Gasteiger partial charge is 0.385 e. The third-order valence-corrected chi connectivity index (χ3v) is 6.71. The Morgan fingerprint density at radius 1 is 1.32 bits per heavy atom. The summed E-state index contributed by atoms with van der Waals surface area (Å²) in [5.74, 6) is 0.971. The summed E-state index contributed by atoms with van der Waals surface area (Å²) >= 11 is 1.49. The second kappa shape index (κ2) is 13.5. The summed E-state index contributed by atoms with van der Waals surface area (Å²) in [4.78, 5) is 40.5. The van der Waals surface area contributed by atoms with Gasteiger partial charge in [-0.05, 0) is 45.6 Å². The predicted octanol–water partition coefficient (Wildman–Crippen LogP) is 1.56. The number of nitriles is 1. The molecule has 10 heteroatoms. The Labute approximate surface area is 205 Å². The highest BCUT2D eigenvalue weighted by molar-refractivity contribution is 8.01. The minimum atomic E-state index is -0.866. The van der Waals surface area contributed by atoms with Crippen LogP contribution in [0.5, 0.6) is 0 Å². The lowest BCUT2D eigenvalue weighted by Gasteiger charge is -2.23. The number of anilines is 2. The maximum Gasteiger partial charge on any atom is 0.238 e. The molecule has 2 rings (SSSR count). The van der Waals surface area contributed by atoms with E-state index in [9.17, 15) is 19.6 Å². The number of hydrogen-bond acceptors (Lipinski definition) is 7. The second-order valence-corrected chi connectivity index (χ2v) is 9.51. The molecule has 0 bridgehead atoms. The molecule has 0 radical (unpaired) electrons. The number of hydrogen-bond donors (Lipinski definition) is 3. The minimum absolute atomic E-state index is 0.0183. The molecule has 3 N–H and O–H groups in total. The molecule has 1 aromatic rings. The molecular formula is C24H32N6O3S. The van der Waals surface area contributed by atoms with Crippen molar-refractivity contribution in [3.8, 4) is 18.4 Å². The predicted molar refractivity (Wildman–Crippen MR) is 135 cm³/mol. The van der Waals surface area contributed by atoms with Gasteiger partial charge in [-0.1, -0.05) is 12.0 Å². The van der Waals surface area contributed by atoms with E-state index in [-0.39, 0.29) is 35.4 Å². The fraction of sp³-hybridized carbons (Fsp3) is 0.500. The first-order valence-corrected chi connectivity index (χ1v) is 12.1. The molecule has 0 saturated carbocycles. The van der Waals surface area contributed by atoms with E-state index in [4.69, 9.17) is 6.42 Å². The molecule has 3 amide bonds. The Morgan fingerprint density at radius 3 is 2.71 bits per heavy atom. The summed E-state index contributed by atoms with van der Waals surface area (Å²) in [6.45, 7) is 3.33. The van der Waals surface area contributed by atoms with Gasteiger partial charge in [0.2, 0.25) is 17.7 Å². The van der Waals surface area contributed by atoms with Gasteiger partial charge in [0, 0.05) is 30.9 Å². The van der Waals surface area contributed by atoms with Gasteiger partial charge in [-0.25, -0.2) is 0 Å². The van der Waals surface area contributed by atoms with Gasteiger partial charge < -0.3 is 25.8 Å². The lowest BCUT2D eigenvalue weighted by atomic mass is 10.1. The Hall–Kier alpha value is -3.21. The fourth-order valence-corrected chi connectivity index (χ4v) is 5.19. The van der Waals surface area contributed by atoms with Gasteiger partial charge in [0.05, 0.1) is 29.8 Å². The third kappa shape index (κ3) is 7.98. The van der Waals surface area contributed by atoms with Crippen molar-refractivity contribution in [2.45, 2.75) is 30.4 Å². The van der Waals surface area contributed by atoms with E-state index in [1.807, 2.05) is 51.4 Å². The quantitative estimate of drug-likeness (QED) is 0.385. The Balaban J connectivity index is 1.91. The maximum absolute atomic E-state index is 12.9. The molecule has 0 spiro atoms. The molecule has 0 aromatic heterocycles. The maximum atomic E-state index is 12.9. The highest BCUT2D eigenvalue weighted by Crippen LogP contribution is 2.36. The molecule has 1 aliphatic heterocycles. The van der Waals surface area contributed by atoms with Crippen LogP contribution < -0.4 is 16.0 Å². The molecule has 9 nitrogen and oxygen atoms in total. The third-order valence-electron chi connectivity index (χ3n) is 5.18. The van der Waals surface area contributed by atoms with Crippen LogP contribution in [0.15, 0.2) is 24.3 Å². The van der Waals surface area contributed by atoms with E-state index in [0.29, 0.717) is 31.7 Å². The van der Waals surface area contributed by atoms with Crippen molar-refractivity contribution in [3.05, 3.63) is 24.3 Å². The zero-order valence-corrected chi connectivity index (χ0v) is 20.7. The van der Waals surface area contributed by atoms with Gasteiger partial charge >= 0.3 is 0 Å². The Bertz CT molecular complexity index is 955. The highest BCUT2D eigenvalue weighted by atomic mass is 32.2. The van der Waals surface area contributed by atoms with Crippen LogP contribution in [0.2, 0.25) is 0 Å². The van der Waals surface area contributed by atoms with Gasteiger partial charge in [0.1, 0.15) is 5.92 Å². The summed E-state index contributed by atoms with van der Waals surface area (Å²) in [7, 11) is 3.66. The number of thioether (sulfide) groups is 1. The topological polar surface area (TPSA) is 118 Å². The Kier molecular flexibility index (Phi) is 10.7. The van der Waals surface area contributed by atoms with Crippen molar-refractivity contribution < 1.29 is 14.4 Å². The van der Waals surface area contributed by atoms with Crippen molar-refractivity contribution in [1.29, 1.82) is 5.26 Å². The van der Waals surface area contributed by atoms with Crippen LogP contribution in [-0.2, 0) is 14.4 Å². The van der Waals surface area contributed by atoms with E-state index >= 15 is 0 Å². The van der Waals surface area contributed by atoms with Crippen LogP contribution in [0.25, 0.3) is 0 Å². The summed E-state index contributed by atoms with van der Waals surface area (Å²) in [6, 6.07) is 9.46. The van der Waals surface area contributed by atoms with E-state index in [0.717, 1.165) is 5.69 Å². The number of benzene rings is 1. The van der Waals surface area contributed by atoms with Gasteiger partial charge in [-0.2, -0.15) is 5.26 Å². The fourth-order valence-electron chi connectivity index (χ4n) is 3.61. The van der Waals surface area contributed by atoms with Crippen molar-refractivity contribution in [3.63, 3.8) is 0 Å². The molecular weight excluding hydrogens is 452 g/mol. The lowest BCUT2D eigenvalue weighted by Crippen LogP contribution is -2.38. The van der Waals surface area contributed by atoms with E-state index in [1.165, 1.54) is 11.8 Å². The second-order valence-electron chi connectivity index (χ2n) is 8.13. The average molecular weight is 485 g/mol. The van der Waals surface area contributed by atoms with Crippen LogP contribution in [0.1, 0.15) is 19.8 Å². The first kappa shape index (κ1) is 27.0. The molecule has 1 heterocycles. The van der Waals surface area contributed by atoms with E-state index in [1.54, 1.807) is 9.80 Å². The number of likely N-dealkylation sites (N-methyl/N-ethyl adjacent to an activating group) is 1. The van der Waals surface area contributed by atoms with Gasteiger partial charge in [-0.3, -0.25) is 14.4 Å². The van der Waals surface area contributed by atoms with Gasteiger partial charge in [-0.15, -0.1) is 18.2 Å². The van der Waals surface area contributed by atoms with Crippen molar-refractivity contribution in [2.24, 2.45) is 5.92 Å². The number of rotatable bonds is 12. The standard InChI is InChI=1S/C24H32N6O3S/c1-5-11-27-23(32)17(15-25)13-22-30(6-2)24(33)20(34-22)10-12-26-18-8-7-9-19(14-18)28-21(31)16-29(3)4/h1,7-9,14,17,20,22,26H,6,10-13,16H2,2-4H3,(H,27,32)(H,28,31). The first-order valence-electron chi connectivity index (χ1n) is 11.1. The van der Waals surface area contributed by atoms with Gasteiger partial charge in [0.25, 0.3) is 0 Å². The SMILES string of the molecule is C#CCNC(=O)C(C#N)CC1SC(CCNc2cccc(NC(=O)CN(C)C)c2)C(=O)N1CC. The van der Waals surface area contributed by atoms with Gasteiger partial charge in [0.15, 0.2) is 0 Å². The summed E-state index contributed by atoms with van der Waals surface area (Å²) in [5, 5.41) is 17.6. The van der Waals surface area contributed by atoms with Crippen molar-refractivity contribution in [1.82, 2.24) is 15.1 Å². The zero-order valence-electron chi connectivity index (χ0n) is 19.8. The molecule has 1 fully saturated rings. The van der Waals surface area contributed by atoms with Crippen LogP contribution >= 0.6 is 11.8 Å². The van der Waals surface area contributed by atoms with Crippen LogP contribution in [0.3, 0.4) is 0 Å². The van der Waals surface area contributed by atoms with Crippen LogP contribution in [-0.4, -0.2) is 78.4 Å². The molecule has 34 heavy (non-hydrogen) atoms. The summed E-state index contributed by atoms with van der Waals surface area (Å²) < 4.78 is 0. The Morgan fingerprint density at radius 2 is 2.06 bits per heavy atom.